The van der Waals surface area contributed by atoms with E-state index in [9.17, 15) is 17.6 Å². The summed E-state index contributed by atoms with van der Waals surface area (Å²) in [6.45, 7) is 1.31. The number of ether oxygens (including phenoxy) is 1. The molecule has 1 heterocycles. The van der Waals surface area contributed by atoms with Gasteiger partial charge in [-0.3, -0.25) is 14.7 Å². The van der Waals surface area contributed by atoms with Gasteiger partial charge in [0.15, 0.2) is 14.6 Å². The highest BCUT2D eigenvalue weighted by atomic mass is 32.2. The molecule has 0 saturated carbocycles. The van der Waals surface area contributed by atoms with Crippen LogP contribution in [0.15, 0.2) is 42.6 Å². The molecule has 160 valence electrons. The van der Waals surface area contributed by atoms with Crippen molar-refractivity contribution in [3.63, 3.8) is 0 Å². The van der Waals surface area contributed by atoms with E-state index in [0.717, 1.165) is 6.26 Å². The fraction of sp³-hybridized carbons (Fsp3) is 0.300. The lowest BCUT2D eigenvalue weighted by Gasteiger charge is -2.24. The lowest BCUT2D eigenvalue weighted by atomic mass is 10.0. The molecule has 0 spiro atoms. The van der Waals surface area contributed by atoms with Crippen LogP contribution in [0.3, 0.4) is 0 Å². The van der Waals surface area contributed by atoms with E-state index in [0.29, 0.717) is 27.8 Å². The first-order valence-corrected chi connectivity index (χ1v) is 10.9. The van der Waals surface area contributed by atoms with Gasteiger partial charge in [-0.2, -0.15) is 5.10 Å². The summed E-state index contributed by atoms with van der Waals surface area (Å²) in [5, 5.41) is 13.8. The normalized spacial score (nSPS) is 13.8. The van der Waals surface area contributed by atoms with Crippen molar-refractivity contribution < 1.29 is 27.5 Å². The van der Waals surface area contributed by atoms with Gasteiger partial charge >= 0.3 is 0 Å². The molecule has 3 aromatic rings. The van der Waals surface area contributed by atoms with Gasteiger partial charge in [0, 0.05) is 36.0 Å². The van der Waals surface area contributed by atoms with Crippen LogP contribution in [0, 0.1) is 5.82 Å². The predicted molar refractivity (Wildman–Crippen MR) is 109 cm³/mol. The van der Waals surface area contributed by atoms with Gasteiger partial charge in [0.1, 0.15) is 11.6 Å². The molecule has 1 unspecified atom stereocenters. The van der Waals surface area contributed by atoms with Gasteiger partial charge in [-0.15, -0.1) is 0 Å². The average Bonchev–Trinajstić information content (AvgIpc) is 3.11. The third kappa shape index (κ3) is 4.01. The summed E-state index contributed by atoms with van der Waals surface area (Å²) < 4.78 is 43.5. The molecule has 0 bridgehead atoms. The highest BCUT2D eigenvalue weighted by Crippen LogP contribution is 2.29. The van der Waals surface area contributed by atoms with Crippen LogP contribution < -0.4 is 10.2 Å². The number of methoxy groups -OCH3 is 1. The SMILES string of the molecule is COc1ccc(-c2cc3cn(CCC(C)(C(=O)NO)S(C)(=O)=O)nc3cc2F)cc1. The number of carbonyl (C=O) groups excluding carboxylic acids is 1. The minimum Gasteiger partial charge on any atom is -0.497 e. The van der Waals surface area contributed by atoms with Crippen LogP contribution in [0.1, 0.15) is 13.3 Å². The molecular formula is C20H22FN3O5S. The van der Waals surface area contributed by atoms with Gasteiger partial charge in [0.2, 0.25) is 0 Å². The summed E-state index contributed by atoms with van der Waals surface area (Å²) in [7, 11) is -2.26. The van der Waals surface area contributed by atoms with Gasteiger partial charge in [0.05, 0.1) is 12.6 Å². The van der Waals surface area contributed by atoms with Crippen LogP contribution in [0.2, 0.25) is 0 Å². The Morgan fingerprint density at radius 3 is 2.53 bits per heavy atom. The fourth-order valence-corrected chi connectivity index (χ4v) is 3.96. The minimum atomic E-state index is -3.81. The summed E-state index contributed by atoms with van der Waals surface area (Å²) in [6, 6.07) is 9.94. The first kappa shape index (κ1) is 21.7. The van der Waals surface area contributed by atoms with E-state index >= 15 is 0 Å². The van der Waals surface area contributed by atoms with Gasteiger partial charge < -0.3 is 4.74 Å². The molecule has 2 N–H and O–H groups in total. The largest absolute Gasteiger partial charge is 0.497 e. The highest BCUT2D eigenvalue weighted by Gasteiger charge is 2.43. The molecule has 1 atom stereocenters. The van der Waals surface area contributed by atoms with Crippen LogP contribution in [-0.2, 0) is 21.2 Å². The number of aryl methyl sites for hydroxylation is 1. The van der Waals surface area contributed by atoms with Gasteiger partial charge in [-0.25, -0.2) is 18.3 Å². The summed E-state index contributed by atoms with van der Waals surface area (Å²) in [6.07, 6.45) is 2.46. The number of rotatable bonds is 7. The second-order valence-electron chi connectivity index (χ2n) is 7.21. The summed E-state index contributed by atoms with van der Waals surface area (Å²) in [5.74, 6) is -0.804. The van der Waals surface area contributed by atoms with Crippen molar-refractivity contribution in [2.45, 2.75) is 24.6 Å². The van der Waals surface area contributed by atoms with Gasteiger partial charge in [-0.05, 0) is 37.1 Å². The Morgan fingerprint density at radius 1 is 1.30 bits per heavy atom. The zero-order valence-electron chi connectivity index (χ0n) is 16.7. The number of amides is 1. The number of hydrogen-bond donors (Lipinski definition) is 2. The van der Waals surface area contributed by atoms with Crippen LogP contribution in [-0.4, -0.2) is 47.4 Å². The minimum absolute atomic E-state index is 0.0746. The van der Waals surface area contributed by atoms with Crippen molar-refractivity contribution in [3.8, 4) is 16.9 Å². The predicted octanol–water partition coefficient (Wildman–Crippen LogP) is 2.55. The Labute approximate surface area is 173 Å². The third-order valence-corrected chi connectivity index (χ3v) is 7.29. The molecule has 10 heteroatoms. The summed E-state index contributed by atoms with van der Waals surface area (Å²) in [4.78, 5) is 11.9. The smallest absolute Gasteiger partial charge is 0.264 e. The molecule has 8 nitrogen and oxygen atoms in total. The maximum Gasteiger partial charge on any atom is 0.264 e. The number of halogens is 1. The molecule has 0 radical (unpaired) electrons. The monoisotopic (exact) mass is 435 g/mol. The summed E-state index contributed by atoms with van der Waals surface area (Å²) >= 11 is 0. The maximum absolute atomic E-state index is 14.6. The molecule has 30 heavy (non-hydrogen) atoms. The lowest BCUT2D eigenvalue weighted by molar-refractivity contribution is -0.131. The number of hydrogen-bond acceptors (Lipinski definition) is 6. The van der Waals surface area contributed by atoms with Gasteiger partial charge in [0.25, 0.3) is 5.91 Å². The molecule has 2 aromatic carbocycles. The van der Waals surface area contributed by atoms with Crippen LogP contribution >= 0.6 is 0 Å². The number of carbonyl (C=O) groups is 1. The molecule has 1 aromatic heterocycles. The van der Waals surface area contributed by atoms with Crippen LogP contribution in [0.4, 0.5) is 4.39 Å². The van der Waals surface area contributed by atoms with Crippen LogP contribution in [0.5, 0.6) is 5.75 Å². The van der Waals surface area contributed by atoms with Crippen molar-refractivity contribution in [1.82, 2.24) is 15.3 Å². The Bertz CT molecular complexity index is 1190. The molecule has 0 aliphatic carbocycles. The van der Waals surface area contributed by atoms with E-state index in [1.165, 1.54) is 23.2 Å². The standard InChI is InChI=1S/C20H22FN3O5S/c1-20(19(25)23-26,30(3,27)28)8-9-24-12-14-10-16(17(21)11-18(14)22-24)13-4-6-15(29-2)7-5-13/h4-7,10-12,26H,8-9H2,1-3H3,(H,23,25). The van der Waals surface area contributed by atoms with E-state index in [2.05, 4.69) is 5.10 Å². The average molecular weight is 435 g/mol. The zero-order valence-corrected chi connectivity index (χ0v) is 17.5. The molecule has 3 rings (SSSR count). The van der Waals surface area contributed by atoms with Gasteiger partial charge in [-0.1, -0.05) is 12.1 Å². The second-order valence-corrected chi connectivity index (χ2v) is 9.65. The van der Waals surface area contributed by atoms with Crippen molar-refractivity contribution in [3.05, 3.63) is 48.4 Å². The first-order chi connectivity index (χ1) is 14.1. The number of nitrogens with zero attached hydrogens (tertiary/aromatic N) is 2. The molecule has 0 saturated heterocycles. The Morgan fingerprint density at radius 2 is 1.97 bits per heavy atom. The summed E-state index contributed by atoms with van der Waals surface area (Å²) in [5.41, 5.74) is 2.88. The number of fused-ring (bicyclic) bond motifs is 1. The Balaban J connectivity index is 1.91. The Hall–Kier alpha value is -2.98. The van der Waals surface area contributed by atoms with Crippen LogP contribution in [0.25, 0.3) is 22.0 Å². The zero-order chi connectivity index (χ0) is 22.1. The number of sulfone groups is 1. The molecule has 0 aliphatic heterocycles. The second kappa shape index (κ2) is 8.04. The molecule has 0 aliphatic rings. The highest BCUT2D eigenvalue weighted by molar-refractivity contribution is 7.92. The Kier molecular flexibility index (Phi) is 5.82. The number of benzene rings is 2. The first-order valence-electron chi connectivity index (χ1n) is 9.04. The molecular weight excluding hydrogens is 413 g/mol. The number of nitrogens with one attached hydrogen (secondary N) is 1. The van der Waals surface area contributed by atoms with E-state index < -0.39 is 26.3 Å². The van der Waals surface area contributed by atoms with Crippen molar-refractivity contribution in [1.29, 1.82) is 0 Å². The maximum atomic E-state index is 14.6. The topological polar surface area (TPSA) is 111 Å². The molecule has 0 fully saturated rings. The third-order valence-electron chi connectivity index (χ3n) is 5.26. The molecule has 1 amide bonds. The van der Waals surface area contributed by atoms with E-state index in [1.807, 2.05) is 0 Å². The fourth-order valence-electron chi connectivity index (χ4n) is 3.12. The number of aromatic nitrogens is 2. The lowest BCUT2D eigenvalue weighted by Crippen LogP contribution is -2.49. The van der Waals surface area contributed by atoms with E-state index in [1.54, 1.807) is 43.6 Å². The van der Waals surface area contributed by atoms with Crippen molar-refractivity contribution in [2.24, 2.45) is 0 Å². The van der Waals surface area contributed by atoms with Crippen molar-refractivity contribution in [2.75, 3.05) is 13.4 Å². The van der Waals surface area contributed by atoms with E-state index in [-0.39, 0.29) is 13.0 Å². The number of hydroxylamine groups is 1. The van der Waals surface area contributed by atoms with Crippen molar-refractivity contribution >= 4 is 26.6 Å². The quantitative estimate of drug-likeness (QED) is 0.436. The van der Waals surface area contributed by atoms with E-state index in [4.69, 9.17) is 9.94 Å².